The molecule has 3 aromatic heterocycles. The lowest BCUT2D eigenvalue weighted by atomic mass is 10.1. The number of benzene rings is 1. The van der Waals surface area contributed by atoms with Crippen LogP contribution in [0.2, 0.25) is 5.02 Å². The highest BCUT2D eigenvalue weighted by Gasteiger charge is 2.17. The molecule has 138 valence electrons. The van der Waals surface area contributed by atoms with E-state index in [-0.39, 0.29) is 13.9 Å². The molecule has 0 saturated carbocycles. The maximum Gasteiger partial charge on any atom is 0.268 e. The number of fused-ring (bicyclic) bond motifs is 1. The molecule has 0 fully saturated rings. The molecule has 1 aromatic carbocycles. The van der Waals surface area contributed by atoms with Crippen LogP contribution in [0.25, 0.3) is 22.2 Å². The highest BCUT2D eigenvalue weighted by molar-refractivity contribution is 6.30. The Balaban J connectivity index is 0.00000225. The number of aromatic nitrogens is 3. The first-order valence-electron chi connectivity index (χ1n) is 8.44. The SMILES string of the molecule is O=C(N[C@H](CO)c1cccc(Cl)c1)c1cc(-c2ccnc3[nH]ccc23)c[nH]1.[HH]. The van der Waals surface area contributed by atoms with E-state index in [2.05, 4.69) is 20.3 Å². The van der Waals surface area contributed by atoms with Crippen LogP contribution in [0.15, 0.2) is 61.1 Å². The number of aliphatic hydroxyl groups excluding tert-OH is 1. The van der Waals surface area contributed by atoms with Crippen molar-refractivity contribution < 1.29 is 11.3 Å². The van der Waals surface area contributed by atoms with Crippen LogP contribution in [0.4, 0.5) is 0 Å². The largest absolute Gasteiger partial charge is 0.394 e. The van der Waals surface area contributed by atoms with Gasteiger partial charge in [-0.2, -0.15) is 0 Å². The van der Waals surface area contributed by atoms with E-state index < -0.39 is 6.04 Å². The quantitative estimate of drug-likeness (QED) is 0.421. The zero-order valence-corrected chi connectivity index (χ0v) is 15.0. The van der Waals surface area contributed by atoms with Gasteiger partial charge in [0, 0.05) is 36.0 Å². The van der Waals surface area contributed by atoms with Crippen molar-refractivity contribution in [1.82, 2.24) is 20.3 Å². The number of pyridine rings is 1. The monoisotopic (exact) mass is 382 g/mol. The van der Waals surface area contributed by atoms with Gasteiger partial charge in [-0.05, 0) is 41.5 Å². The lowest BCUT2D eigenvalue weighted by Gasteiger charge is -2.16. The summed E-state index contributed by atoms with van der Waals surface area (Å²) in [7, 11) is 0. The Bertz CT molecular complexity index is 1110. The van der Waals surface area contributed by atoms with Gasteiger partial charge in [0.05, 0.1) is 12.6 Å². The summed E-state index contributed by atoms with van der Waals surface area (Å²) in [6.07, 6.45) is 5.34. The van der Waals surface area contributed by atoms with Crippen molar-refractivity contribution in [3.8, 4) is 11.1 Å². The van der Waals surface area contributed by atoms with Crippen molar-refractivity contribution >= 4 is 28.5 Å². The number of carbonyl (C=O) groups is 1. The van der Waals surface area contributed by atoms with Gasteiger partial charge in [-0.1, -0.05) is 23.7 Å². The number of hydrogen-bond donors (Lipinski definition) is 4. The van der Waals surface area contributed by atoms with Crippen molar-refractivity contribution in [2.24, 2.45) is 0 Å². The van der Waals surface area contributed by atoms with Gasteiger partial charge in [-0.3, -0.25) is 4.79 Å². The van der Waals surface area contributed by atoms with E-state index in [0.717, 1.165) is 27.7 Å². The molecule has 27 heavy (non-hydrogen) atoms. The second-order valence-corrected chi connectivity index (χ2v) is 6.60. The molecule has 1 atom stereocenters. The number of hydrogen-bond acceptors (Lipinski definition) is 3. The number of nitrogens with one attached hydrogen (secondary N) is 3. The highest BCUT2D eigenvalue weighted by Crippen LogP contribution is 2.27. The van der Waals surface area contributed by atoms with Gasteiger partial charge in [-0.15, -0.1) is 0 Å². The topological polar surface area (TPSA) is 93.8 Å². The molecule has 4 rings (SSSR count). The van der Waals surface area contributed by atoms with Crippen LogP contribution in [-0.4, -0.2) is 32.6 Å². The molecular formula is C20H19ClN4O2. The fraction of sp³-hybridized carbons (Fsp3) is 0.100. The molecule has 6 nitrogen and oxygen atoms in total. The first-order chi connectivity index (χ1) is 13.2. The third-order valence-electron chi connectivity index (χ3n) is 4.44. The molecule has 0 saturated heterocycles. The zero-order valence-electron chi connectivity index (χ0n) is 14.2. The van der Waals surface area contributed by atoms with Gasteiger partial charge in [0.1, 0.15) is 11.3 Å². The minimum atomic E-state index is -0.541. The fourth-order valence-electron chi connectivity index (χ4n) is 3.09. The van der Waals surface area contributed by atoms with Crippen molar-refractivity contribution in [2.45, 2.75) is 6.04 Å². The number of carbonyl (C=O) groups excluding carboxylic acids is 1. The lowest BCUT2D eigenvalue weighted by molar-refractivity contribution is 0.0912. The van der Waals surface area contributed by atoms with Gasteiger partial charge in [0.15, 0.2) is 0 Å². The summed E-state index contributed by atoms with van der Waals surface area (Å²) in [5.41, 5.74) is 3.81. The molecule has 3 heterocycles. The average molecular weight is 383 g/mol. The number of H-pyrrole nitrogens is 2. The summed E-state index contributed by atoms with van der Waals surface area (Å²) in [6, 6.07) is 12.2. The fourth-order valence-corrected chi connectivity index (χ4v) is 3.29. The maximum atomic E-state index is 12.6. The molecule has 0 radical (unpaired) electrons. The summed E-state index contributed by atoms with van der Waals surface area (Å²) >= 11 is 6.00. The Labute approximate surface area is 161 Å². The van der Waals surface area contributed by atoms with E-state index in [1.165, 1.54) is 0 Å². The van der Waals surface area contributed by atoms with Crippen molar-refractivity contribution in [3.05, 3.63) is 77.3 Å². The molecule has 1 amide bonds. The predicted molar refractivity (Wildman–Crippen MR) is 107 cm³/mol. The third-order valence-corrected chi connectivity index (χ3v) is 4.67. The van der Waals surface area contributed by atoms with Gasteiger partial charge < -0.3 is 20.4 Å². The predicted octanol–water partition coefficient (Wildman–Crippen LogP) is 3.92. The van der Waals surface area contributed by atoms with Gasteiger partial charge in [0.2, 0.25) is 0 Å². The number of amides is 1. The summed E-state index contributed by atoms with van der Waals surface area (Å²) in [5.74, 6) is -0.306. The maximum absolute atomic E-state index is 12.6. The van der Waals surface area contributed by atoms with Crippen molar-refractivity contribution in [3.63, 3.8) is 0 Å². The second kappa shape index (κ2) is 7.26. The molecule has 0 spiro atoms. The molecule has 0 unspecified atom stereocenters. The van der Waals surface area contributed by atoms with Crippen LogP contribution < -0.4 is 5.32 Å². The van der Waals surface area contributed by atoms with Crippen LogP contribution in [0.5, 0.6) is 0 Å². The normalized spacial score (nSPS) is 12.2. The first-order valence-corrected chi connectivity index (χ1v) is 8.81. The summed E-state index contributed by atoms with van der Waals surface area (Å²) < 4.78 is 0. The van der Waals surface area contributed by atoms with Crippen molar-refractivity contribution in [2.75, 3.05) is 6.61 Å². The summed E-state index contributed by atoms with van der Waals surface area (Å²) in [4.78, 5) is 23.0. The Kier molecular flexibility index (Phi) is 4.66. The van der Waals surface area contributed by atoms with Gasteiger partial charge >= 0.3 is 0 Å². The minimum Gasteiger partial charge on any atom is -0.394 e. The van der Waals surface area contributed by atoms with Crippen molar-refractivity contribution in [1.29, 1.82) is 0 Å². The summed E-state index contributed by atoms with van der Waals surface area (Å²) in [5, 5.41) is 14.0. The molecule has 0 aliphatic rings. The Morgan fingerprint density at radius 1 is 1.26 bits per heavy atom. The molecule has 0 aliphatic heterocycles. The van der Waals surface area contributed by atoms with Crippen LogP contribution in [0.1, 0.15) is 23.5 Å². The van der Waals surface area contributed by atoms with E-state index >= 15 is 0 Å². The Morgan fingerprint density at radius 3 is 2.96 bits per heavy atom. The van der Waals surface area contributed by atoms with E-state index in [1.807, 2.05) is 24.4 Å². The molecule has 4 aromatic rings. The zero-order chi connectivity index (χ0) is 18.8. The molecule has 0 aliphatic carbocycles. The number of halogens is 1. The van der Waals surface area contributed by atoms with Crippen LogP contribution in [0.3, 0.4) is 0 Å². The molecular weight excluding hydrogens is 364 g/mol. The molecule has 4 N–H and O–H groups in total. The standard InChI is InChI=1S/C20H17ClN4O2.H2/c21-14-3-1-2-12(8-14)18(11-26)25-20(27)17-9-13(10-24-17)15-4-6-22-19-16(15)5-7-23-19;/h1-10,18,24,26H,11H2,(H,22,23)(H,25,27);1H/t18-;/m1./s1. The minimum absolute atomic E-state index is 0. The van der Waals surface area contributed by atoms with E-state index in [0.29, 0.717) is 10.7 Å². The lowest BCUT2D eigenvalue weighted by Crippen LogP contribution is -2.31. The van der Waals surface area contributed by atoms with Crippen LogP contribution >= 0.6 is 11.6 Å². The summed E-state index contributed by atoms with van der Waals surface area (Å²) in [6.45, 7) is -0.228. The number of aromatic amines is 2. The Morgan fingerprint density at radius 2 is 2.15 bits per heavy atom. The van der Waals surface area contributed by atoms with Crippen LogP contribution in [-0.2, 0) is 0 Å². The number of nitrogens with zero attached hydrogens (tertiary/aromatic N) is 1. The van der Waals surface area contributed by atoms with Gasteiger partial charge in [0.25, 0.3) is 5.91 Å². The second-order valence-electron chi connectivity index (χ2n) is 6.16. The highest BCUT2D eigenvalue weighted by atomic mass is 35.5. The van der Waals surface area contributed by atoms with E-state index in [1.54, 1.807) is 36.7 Å². The average Bonchev–Trinajstić information content (AvgIpc) is 3.35. The Hall–Kier alpha value is -3.09. The van der Waals surface area contributed by atoms with E-state index in [4.69, 9.17) is 11.6 Å². The van der Waals surface area contributed by atoms with E-state index in [9.17, 15) is 9.90 Å². The number of rotatable bonds is 5. The smallest absolute Gasteiger partial charge is 0.268 e. The molecule has 7 heteroatoms. The van der Waals surface area contributed by atoms with Crippen LogP contribution in [0, 0.1) is 0 Å². The third kappa shape index (κ3) is 3.45. The van der Waals surface area contributed by atoms with Gasteiger partial charge in [-0.25, -0.2) is 4.98 Å². The first kappa shape index (κ1) is 17.3. The number of aliphatic hydroxyl groups is 1. The molecule has 0 bridgehead atoms.